The third-order valence-electron chi connectivity index (χ3n) is 4.33. The van der Waals surface area contributed by atoms with Crippen molar-refractivity contribution in [1.82, 2.24) is 5.32 Å². The molecule has 1 aliphatic rings. The summed E-state index contributed by atoms with van der Waals surface area (Å²) in [5, 5.41) is 3.70. The first-order valence-corrected chi connectivity index (χ1v) is 8.22. The first-order valence-electron chi connectivity index (χ1n) is 8.22. The molecule has 0 spiro atoms. The Hall–Kier alpha value is -1.02. The van der Waals surface area contributed by atoms with Gasteiger partial charge in [-0.05, 0) is 50.8 Å². The van der Waals surface area contributed by atoms with Crippen LogP contribution < -0.4 is 10.1 Å². The first kappa shape index (κ1) is 15.4. The van der Waals surface area contributed by atoms with Crippen LogP contribution in [0.5, 0.6) is 5.75 Å². The van der Waals surface area contributed by atoms with E-state index in [1.807, 2.05) is 0 Å². The maximum atomic E-state index is 6.01. The van der Waals surface area contributed by atoms with Crippen LogP contribution in [0.3, 0.4) is 0 Å². The molecule has 1 saturated carbocycles. The smallest absolute Gasteiger partial charge is 0.119 e. The van der Waals surface area contributed by atoms with E-state index in [0.717, 1.165) is 24.8 Å². The van der Waals surface area contributed by atoms with Crippen LogP contribution in [0, 0.1) is 12.8 Å². The number of nitrogens with one attached hydrogen (secondary N) is 1. The van der Waals surface area contributed by atoms with Crippen LogP contribution in [-0.4, -0.2) is 19.2 Å². The van der Waals surface area contributed by atoms with Crippen molar-refractivity contribution >= 4 is 0 Å². The summed E-state index contributed by atoms with van der Waals surface area (Å²) in [5.74, 6) is 1.79. The van der Waals surface area contributed by atoms with Crippen molar-refractivity contribution in [2.24, 2.45) is 5.92 Å². The number of ether oxygens (including phenoxy) is 1. The predicted octanol–water partition coefficient (Wildman–Crippen LogP) is 4.32. The van der Waals surface area contributed by atoms with Crippen molar-refractivity contribution in [2.75, 3.05) is 13.2 Å². The fourth-order valence-electron chi connectivity index (χ4n) is 3.05. The predicted molar refractivity (Wildman–Crippen MR) is 85.3 cm³/mol. The van der Waals surface area contributed by atoms with Gasteiger partial charge in [0.1, 0.15) is 12.4 Å². The Morgan fingerprint density at radius 1 is 1.15 bits per heavy atom. The summed E-state index contributed by atoms with van der Waals surface area (Å²) < 4.78 is 6.01. The molecule has 0 heterocycles. The molecular weight excluding hydrogens is 246 g/mol. The van der Waals surface area contributed by atoms with Crippen molar-refractivity contribution < 1.29 is 4.74 Å². The highest BCUT2D eigenvalue weighted by Gasteiger charge is 2.23. The standard InChI is InChI=1S/C18H29NO/c1-3-13-19-18(16-7-5-4-6-8-16)14-20-17-11-9-15(2)10-12-17/h9-12,16,18-19H,3-8,13-14H2,1-2H3. The van der Waals surface area contributed by atoms with E-state index < -0.39 is 0 Å². The molecule has 1 N–H and O–H groups in total. The molecule has 0 aliphatic heterocycles. The van der Waals surface area contributed by atoms with E-state index >= 15 is 0 Å². The van der Waals surface area contributed by atoms with Gasteiger partial charge in [0.25, 0.3) is 0 Å². The molecule has 2 heteroatoms. The minimum absolute atomic E-state index is 0.511. The van der Waals surface area contributed by atoms with Gasteiger partial charge in [-0.2, -0.15) is 0 Å². The minimum Gasteiger partial charge on any atom is -0.492 e. The third-order valence-corrected chi connectivity index (χ3v) is 4.33. The first-order chi connectivity index (χ1) is 9.79. The Morgan fingerprint density at radius 3 is 2.50 bits per heavy atom. The monoisotopic (exact) mass is 275 g/mol. The lowest BCUT2D eigenvalue weighted by molar-refractivity contribution is 0.186. The van der Waals surface area contributed by atoms with E-state index in [9.17, 15) is 0 Å². The van der Waals surface area contributed by atoms with Gasteiger partial charge in [0, 0.05) is 6.04 Å². The number of hydrogen-bond donors (Lipinski definition) is 1. The number of aryl methyl sites for hydroxylation is 1. The summed E-state index contributed by atoms with van der Waals surface area (Å²) in [6.45, 7) is 6.23. The van der Waals surface area contributed by atoms with Gasteiger partial charge in [-0.25, -0.2) is 0 Å². The molecule has 112 valence electrons. The van der Waals surface area contributed by atoms with E-state index in [-0.39, 0.29) is 0 Å². The van der Waals surface area contributed by atoms with Crippen LogP contribution in [0.1, 0.15) is 51.0 Å². The zero-order valence-corrected chi connectivity index (χ0v) is 13.0. The highest BCUT2D eigenvalue weighted by atomic mass is 16.5. The van der Waals surface area contributed by atoms with Gasteiger partial charge in [-0.1, -0.05) is 43.9 Å². The largest absolute Gasteiger partial charge is 0.492 e. The number of hydrogen-bond acceptors (Lipinski definition) is 2. The second-order valence-corrected chi connectivity index (χ2v) is 6.08. The molecule has 0 radical (unpaired) electrons. The van der Waals surface area contributed by atoms with Crippen LogP contribution in [0.4, 0.5) is 0 Å². The van der Waals surface area contributed by atoms with Crippen LogP contribution in [0.25, 0.3) is 0 Å². The zero-order valence-electron chi connectivity index (χ0n) is 13.0. The molecule has 0 amide bonds. The number of rotatable bonds is 7. The van der Waals surface area contributed by atoms with Crippen molar-refractivity contribution in [2.45, 2.75) is 58.4 Å². The lowest BCUT2D eigenvalue weighted by atomic mass is 9.84. The maximum Gasteiger partial charge on any atom is 0.119 e. The van der Waals surface area contributed by atoms with E-state index in [1.54, 1.807) is 0 Å². The van der Waals surface area contributed by atoms with Crippen LogP contribution >= 0.6 is 0 Å². The third kappa shape index (κ3) is 4.82. The van der Waals surface area contributed by atoms with E-state index in [1.165, 1.54) is 44.1 Å². The van der Waals surface area contributed by atoms with Crippen LogP contribution in [0.2, 0.25) is 0 Å². The molecule has 0 bridgehead atoms. The van der Waals surface area contributed by atoms with E-state index in [4.69, 9.17) is 4.74 Å². The lowest BCUT2D eigenvalue weighted by Gasteiger charge is -2.31. The molecule has 0 aromatic heterocycles. The van der Waals surface area contributed by atoms with Gasteiger partial charge in [-0.3, -0.25) is 0 Å². The fraction of sp³-hybridized carbons (Fsp3) is 0.667. The zero-order chi connectivity index (χ0) is 14.2. The van der Waals surface area contributed by atoms with Gasteiger partial charge in [0.15, 0.2) is 0 Å². The Labute approximate surface area is 123 Å². The van der Waals surface area contributed by atoms with Gasteiger partial charge < -0.3 is 10.1 Å². The van der Waals surface area contributed by atoms with Crippen LogP contribution in [0.15, 0.2) is 24.3 Å². The molecule has 1 atom stereocenters. The Bertz CT molecular complexity index is 368. The van der Waals surface area contributed by atoms with Gasteiger partial charge in [-0.15, -0.1) is 0 Å². The minimum atomic E-state index is 0.511. The molecule has 1 unspecified atom stereocenters. The highest BCUT2D eigenvalue weighted by molar-refractivity contribution is 5.26. The summed E-state index contributed by atoms with van der Waals surface area (Å²) in [5.41, 5.74) is 1.28. The Morgan fingerprint density at radius 2 is 1.85 bits per heavy atom. The van der Waals surface area contributed by atoms with Gasteiger partial charge in [0.2, 0.25) is 0 Å². The van der Waals surface area contributed by atoms with Crippen molar-refractivity contribution in [3.05, 3.63) is 29.8 Å². The Kier molecular flexibility index (Phi) is 6.38. The fourth-order valence-corrected chi connectivity index (χ4v) is 3.05. The molecule has 1 aromatic rings. The topological polar surface area (TPSA) is 21.3 Å². The summed E-state index contributed by atoms with van der Waals surface area (Å²) >= 11 is 0. The summed E-state index contributed by atoms with van der Waals surface area (Å²) in [6.07, 6.45) is 8.10. The van der Waals surface area contributed by atoms with Gasteiger partial charge >= 0.3 is 0 Å². The molecule has 1 aromatic carbocycles. The van der Waals surface area contributed by atoms with Crippen molar-refractivity contribution in [3.8, 4) is 5.75 Å². The van der Waals surface area contributed by atoms with E-state index in [0.29, 0.717) is 6.04 Å². The quantitative estimate of drug-likeness (QED) is 0.800. The molecule has 2 rings (SSSR count). The van der Waals surface area contributed by atoms with Gasteiger partial charge in [0.05, 0.1) is 0 Å². The maximum absolute atomic E-state index is 6.01. The highest BCUT2D eigenvalue weighted by Crippen LogP contribution is 2.27. The average molecular weight is 275 g/mol. The number of benzene rings is 1. The molecule has 2 nitrogen and oxygen atoms in total. The summed E-state index contributed by atoms with van der Waals surface area (Å²) in [4.78, 5) is 0. The normalized spacial score (nSPS) is 17.9. The second-order valence-electron chi connectivity index (χ2n) is 6.08. The van der Waals surface area contributed by atoms with Crippen molar-refractivity contribution in [3.63, 3.8) is 0 Å². The SMILES string of the molecule is CCCNC(COc1ccc(C)cc1)C1CCCCC1. The average Bonchev–Trinajstić information content (AvgIpc) is 2.50. The molecule has 1 aliphatic carbocycles. The molecule has 20 heavy (non-hydrogen) atoms. The summed E-state index contributed by atoms with van der Waals surface area (Å²) in [7, 11) is 0. The van der Waals surface area contributed by atoms with Crippen molar-refractivity contribution in [1.29, 1.82) is 0 Å². The molecule has 1 fully saturated rings. The lowest BCUT2D eigenvalue weighted by Crippen LogP contribution is -2.42. The Balaban J connectivity index is 1.87. The second kappa shape index (κ2) is 8.31. The van der Waals surface area contributed by atoms with Crippen LogP contribution in [-0.2, 0) is 0 Å². The van der Waals surface area contributed by atoms with E-state index in [2.05, 4.69) is 43.4 Å². The summed E-state index contributed by atoms with van der Waals surface area (Å²) in [6, 6.07) is 8.89. The molecular formula is C18H29NO. The molecule has 0 saturated heterocycles.